The molecule has 2 heterocycles. The van der Waals surface area contributed by atoms with Gasteiger partial charge in [0.2, 0.25) is 5.95 Å². The molecule has 1 fully saturated rings. The first-order chi connectivity index (χ1) is 17.5. The zero-order valence-corrected chi connectivity index (χ0v) is 20.7. The van der Waals surface area contributed by atoms with Crippen molar-refractivity contribution in [3.8, 4) is 11.8 Å². The molecule has 0 saturated carbocycles. The van der Waals surface area contributed by atoms with E-state index < -0.39 is 17.6 Å². The lowest BCUT2D eigenvalue weighted by atomic mass is 10.0. The normalized spacial score (nSPS) is 15.7. The molecular weight excluding hydrogens is 481 g/mol. The SMILES string of the molecule is Cc1ccc(C(=O)Nc2cc(C(F)(F)F)ccc2N(C)[C@H]2CCN(C)C2)cc1C#Cc1cnc(N)nc1. The van der Waals surface area contributed by atoms with Crippen LogP contribution in [0.3, 0.4) is 0 Å². The number of aromatic nitrogens is 2. The van der Waals surface area contributed by atoms with Gasteiger partial charge in [-0.25, -0.2) is 9.97 Å². The van der Waals surface area contributed by atoms with E-state index in [-0.39, 0.29) is 23.2 Å². The molecule has 1 aliphatic rings. The van der Waals surface area contributed by atoms with Crippen LogP contribution < -0.4 is 16.0 Å². The first-order valence-electron chi connectivity index (χ1n) is 11.7. The van der Waals surface area contributed by atoms with Crippen molar-refractivity contribution < 1.29 is 18.0 Å². The van der Waals surface area contributed by atoms with E-state index in [0.717, 1.165) is 37.2 Å². The van der Waals surface area contributed by atoms with Gasteiger partial charge >= 0.3 is 6.18 Å². The molecule has 1 saturated heterocycles. The summed E-state index contributed by atoms with van der Waals surface area (Å²) in [5.41, 5.74) is 7.55. The van der Waals surface area contributed by atoms with Gasteiger partial charge in [0.25, 0.3) is 5.91 Å². The monoisotopic (exact) mass is 508 g/mol. The predicted molar refractivity (Wildman–Crippen MR) is 137 cm³/mol. The smallest absolute Gasteiger partial charge is 0.369 e. The summed E-state index contributed by atoms with van der Waals surface area (Å²) in [5, 5.41) is 2.71. The Bertz CT molecular complexity index is 1360. The molecule has 3 aromatic rings. The zero-order valence-electron chi connectivity index (χ0n) is 20.7. The number of likely N-dealkylation sites (N-methyl/N-ethyl adjacent to an activating group) is 2. The van der Waals surface area contributed by atoms with Crippen LogP contribution in [0.15, 0.2) is 48.8 Å². The minimum absolute atomic E-state index is 0.101. The van der Waals surface area contributed by atoms with E-state index in [1.165, 1.54) is 18.5 Å². The van der Waals surface area contributed by atoms with Crippen LogP contribution in [0.5, 0.6) is 0 Å². The number of aryl methyl sites for hydroxylation is 1. The van der Waals surface area contributed by atoms with E-state index in [1.54, 1.807) is 18.2 Å². The number of anilines is 3. The maximum absolute atomic E-state index is 13.5. The van der Waals surface area contributed by atoms with Crippen molar-refractivity contribution >= 4 is 23.2 Å². The van der Waals surface area contributed by atoms with Gasteiger partial charge in [0, 0.05) is 43.2 Å². The first kappa shape index (κ1) is 26.0. The molecule has 2 aromatic carbocycles. The molecule has 1 aliphatic heterocycles. The second-order valence-electron chi connectivity index (χ2n) is 9.11. The molecular formula is C27H27F3N6O. The zero-order chi connectivity index (χ0) is 26.7. The quantitative estimate of drug-likeness (QED) is 0.515. The summed E-state index contributed by atoms with van der Waals surface area (Å²) in [6.45, 7) is 3.53. The molecule has 3 N–H and O–H groups in total. The second kappa shape index (κ2) is 10.5. The predicted octanol–water partition coefficient (Wildman–Crippen LogP) is 4.18. The summed E-state index contributed by atoms with van der Waals surface area (Å²) < 4.78 is 40.5. The average Bonchev–Trinajstić information content (AvgIpc) is 3.29. The van der Waals surface area contributed by atoms with Crippen molar-refractivity contribution in [2.24, 2.45) is 0 Å². The van der Waals surface area contributed by atoms with Crippen LogP contribution >= 0.6 is 0 Å². The number of likely N-dealkylation sites (tertiary alicyclic amines) is 1. The molecule has 1 atom stereocenters. The van der Waals surface area contributed by atoms with Gasteiger partial charge in [-0.1, -0.05) is 17.9 Å². The van der Waals surface area contributed by atoms with E-state index in [2.05, 4.69) is 32.0 Å². The highest BCUT2D eigenvalue weighted by atomic mass is 19.4. The summed E-state index contributed by atoms with van der Waals surface area (Å²) in [4.78, 5) is 25.1. The fourth-order valence-corrected chi connectivity index (χ4v) is 4.18. The molecule has 10 heteroatoms. The molecule has 0 unspecified atom stereocenters. The standard InChI is InChI=1S/C27H27F3N6O/c1-17-4-6-20(12-19(17)7-5-18-14-32-26(31)33-15-18)25(37)34-23-13-21(27(28,29)30)8-9-24(23)36(3)22-10-11-35(2)16-22/h4,6,8-9,12-15,22H,10-11,16H2,1-3H3,(H,34,37)(H2,31,32,33)/t22-/m0/s1. The van der Waals surface area contributed by atoms with Crippen LogP contribution in [-0.4, -0.2) is 54.0 Å². The lowest BCUT2D eigenvalue weighted by Crippen LogP contribution is -2.34. The molecule has 192 valence electrons. The minimum Gasteiger partial charge on any atom is -0.369 e. The van der Waals surface area contributed by atoms with E-state index >= 15 is 0 Å². The van der Waals surface area contributed by atoms with Crippen molar-refractivity contribution in [2.75, 3.05) is 43.1 Å². The fourth-order valence-electron chi connectivity index (χ4n) is 4.18. The molecule has 4 rings (SSSR count). The third kappa shape index (κ3) is 6.19. The number of halogens is 3. The summed E-state index contributed by atoms with van der Waals surface area (Å²) in [6, 6.07) is 8.53. The number of nitrogens with zero attached hydrogens (tertiary/aromatic N) is 4. The Morgan fingerprint density at radius 3 is 2.54 bits per heavy atom. The number of rotatable bonds is 4. The van der Waals surface area contributed by atoms with Gasteiger partial charge in [-0.05, 0) is 62.8 Å². The second-order valence-corrected chi connectivity index (χ2v) is 9.11. The van der Waals surface area contributed by atoms with Crippen molar-refractivity contribution in [3.63, 3.8) is 0 Å². The maximum atomic E-state index is 13.5. The van der Waals surface area contributed by atoms with Crippen molar-refractivity contribution in [1.29, 1.82) is 0 Å². The molecule has 37 heavy (non-hydrogen) atoms. The van der Waals surface area contributed by atoms with Crippen molar-refractivity contribution in [2.45, 2.75) is 25.6 Å². The van der Waals surface area contributed by atoms with Crippen LogP contribution in [0.4, 0.5) is 30.5 Å². The van der Waals surface area contributed by atoms with Gasteiger partial charge in [0.1, 0.15) is 0 Å². The Kier molecular flexibility index (Phi) is 7.36. The lowest BCUT2D eigenvalue weighted by Gasteiger charge is -2.29. The number of hydrogen-bond acceptors (Lipinski definition) is 6. The van der Waals surface area contributed by atoms with E-state index in [0.29, 0.717) is 16.8 Å². The highest BCUT2D eigenvalue weighted by Gasteiger charge is 2.32. The number of nitrogen functional groups attached to an aromatic ring is 1. The highest BCUT2D eigenvalue weighted by molar-refractivity contribution is 6.06. The average molecular weight is 509 g/mol. The topological polar surface area (TPSA) is 87.4 Å². The number of nitrogens with one attached hydrogen (secondary N) is 1. The number of carbonyl (C=O) groups excluding carboxylic acids is 1. The van der Waals surface area contributed by atoms with Crippen LogP contribution in [0.1, 0.15) is 39.0 Å². The van der Waals surface area contributed by atoms with Crippen LogP contribution in [0, 0.1) is 18.8 Å². The maximum Gasteiger partial charge on any atom is 0.416 e. The number of benzene rings is 2. The first-order valence-corrected chi connectivity index (χ1v) is 11.7. The number of hydrogen-bond donors (Lipinski definition) is 2. The summed E-state index contributed by atoms with van der Waals surface area (Å²) in [5.74, 6) is 5.53. The molecule has 1 amide bonds. The summed E-state index contributed by atoms with van der Waals surface area (Å²) in [6.07, 6.45) is -0.674. The van der Waals surface area contributed by atoms with Gasteiger partial charge in [0.15, 0.2) is 0 Å². The molecule has 0 radical (unpaired) electrons. The Balaban J connectivity index is 1.63. The minimum atomic E-state index is -4.54. The Hall–Kier alpha value is -4.10. The van der Waals surface area contributed by atoms with Crippen LogP contribution in [-0.2, 0) is 6.18 Å². The summed E-state index contributed by atoms with van der Waals surface area (Å²) in [7, 11) is 3.84. The van der Waals surface area contributed by atoms with E-state index in [1.807, 2.05) is 25.9 Å². The number of alkyl halides is 3. The van der Waals surface area contributed by atoms with E-state index in [9.17, 15) is 18.0 Å². The molecule has 0 aliphatic carbocycles. The Morgan fingerprint density at radius 1 is 1.16 bits per heavy atom. The van der Waals surface area contributed by atoms with Crippen molar-refractivity contribution in [1.82, 2.24) is 14.9 Å². The number of nitrogens with two attached hydrogens (primary N) is 1. The van der Waals surface area contributed by atoms with E-state index in [4.69, 9.17) is 5.73 Å². The van der Waals surface area contributed by atoms with Crippen molar-refractivity contribution in [3.05, 3.63) is 76.6 Å². The molecule has 0 bridgehead atoms. The summed E-state index contributed by atoms with van der Waals surface area (Å²) >= 11 is 0. The van der Waals surface area contributed by atoms with Gasteiger partial charge in [0.05, 0.1) is 22.5 Å². The highest BCUT2D eigenvalue weighted by Crippen LogP contribution is 2.36. The number of amides is 1. The Labute approximate surface area is 213 Å². The van der Waals surface area contributed by atoms with Gasteiger partial charge < -0.3 is 20.9 Å². The van der Waals surface area contributed by atoms with Gasteiger partial charge in [-0.15, -0.1) is 0 Å². The largest absolute Gasteiger partial charge is 0.416 e. The third-order valence-electron chi connectivity index (χ3n) is 6.38. The Morgan fingerprint density at radius 2 is 1.89 bits per heavy atom. The fraction of sp³-hybridized carbons (Fsp3) is 0.296. The molecule has 1 aromatic heterocycles. The lowest BCUT2D eigenvalue weighted by molar-refractivity contribution is -0.137. The van der Waals surface area contributed by atoms with Crippen LogP contribution in [0.25, 0.3) is 0 Å². The third-order valence-corrected chi connectivity index (χ3v) is 6.38. The number of carbonyl (C=O) groups is 1. The molecule has 0 spiro atoms. The van der Waals surface area contributed by atoms with Gasteiger partial charge in [-0.3, -0.25) is 4.79 Å². The van der Waals surface area contributed by atoms with Gasteiger partial charge in [-0.2, -0.15) is 13.2 Å². The van der Waals surface area contributed by atoms with Crippen LogP contribution in [0.2, 0.25) is 0 Å². The molecule has 7 nitrogen and oxygen atoms in total.